The normalized spacial score (nSPS) is 10.9. The van der Waals surface area contributed by atoms with E-state index in [2.05, 4.69) is 20.3 Å². The van der Waals surface area contributed by atoms with Crippen molar-refractivity contribution in [2.45, 2.75) is 19.3 Å². The molecule has 0 aliphatic carbocycles. The van der Waals surface area contributed by atoms with Crippen molar-refractivity contribution in [1.82, 2.24) is 25.0 Å². The van der Waals surface area contributed by atoms with Crippen LogP contribution in [0.3, 0.4) is 0 Å². The Hall–Kier alpha value is -2.47. The van der Waals surface area contributed by atoms with Crippen molar-refractivity contribution in [2.24, 2.45) is 5.73 Å². The van der Waals surface area contributed by atoms with E-state index in [0.717, 1.165) is 35.7 Å². The maximum Gasteiger partial charge on any atom is 0.150 e. The lowest BCUT2D eigenvalue weighted by molar-refractivity contribution is 0.785. The van der Waals surface area contributed by atoms with Crippen LogP contribution in [0.4, 0.5) is 0 Å². The van der Waals surface area contributed by atoms with Crippen LogP contribution in [-0.4, -0.2) is 31.5 Å². The van der Waals surface area contributed by atoms with E-state index in [4.69, 9.17) is 5.73 Å². The van der Waals surface area contributed by atoms with Gasteiger partial charge < -0.3 is 5.73 Å². The average Bonchev–Trinajstić information content (AvgIpc) is 3.16. The Balaban J connectivity index is 1.68. The molecule has 3 N–H and O–H groups in total. The summed E-state index contributed by atoms with van der Waals surface area (Å²) in [7, 11) is 0. The zero-order valence-corrected chi connectivity index (χ0v) is 11.7. The van der Waals surface area contributed by atoms with E-state index in [1.807, 2.05) is 47.4 Å². The van der Waals surface area contributed by atoms with Crippen LogP contribution in [0.2, 0.25) is 0 Å². The number of nitrogens with one attached hydrogen (secondary N) is 1. The highest BCUT2D eigenvalue weighted by Gasteiger charge is 2.06. The summed E-state index contributed by atoms with van der Waals surface area (Å²) >= 11 is 0. The fourth-order valence-electron chi connectivity index (χ4n) is 2.15. The van der Waals surface area contributed by atoms with Gasteiger partial charge in [0.1, 0.15) is 5.82 Å². The maximum atomic E-state index is 5.49. The minimum Gasteiger partial charge on any atom is -0.330 e. The molecule has 2 aromatic heterocycles. The van der Waals surface area contributed by atoms with Crippen molar-refractivity contribution in [3.05, 3.63) is 59.9 Å². The van der Waals surface area contributed by atoms with Crippen LogP contribution < -0.4 is 5.73 Å². The molecule has 0 fully saturated rings. The molecule has 0 saturated heterocycles. The predicted molar refractivity (Wildman–Crippen MR) is 80.1 cm³/mol. The number of rotatable bonds is 6. The van der Waals surface area contributed by atoms with Gasteiger partial charge in [0.05, 0.1) is 11.9 Å². The van der Waals surface area contributed by atoms with Crippen LogP contribution >= 0.6 is 0 Å². The Bertz CT molecular complexity index is 685. The van der Waals surface area contributed by atoms with Gasteiger partial charge in [-0.15, -0.1) is 0 Å². The van der Waals surface area contributed by atoms with Crippen LogP contribution in [0, 0.1) is 0 Å². The van der Waals surface area contributed by atoms with Crippen molar-refractivity contribution < 1.29 is 0 Å². The maximum absolute atomic E-state index is 5.49. The van der Waals surface area contributed by atoms with Crippen LogP contribution in [0.15, 0.2) is 42.7 Å². The average molecular weight is 282 g/mol. The third-order valence-corrected chi connectivity index (χ3v) is 3.21. The van der Waals surface area contributed by atoms with Crippen LogP contribution in [0.1, 0.15) is 23.6 Å². The number of nitrogens with zero attached hydrogens (tertiary/aromatic N) is 4. The Morgan fingerprint density at radius 3 is 2.86 bits per heavy atom. The molecule has 2 heterocycles. The molecule has 3 rings (SSSR count). The molecule has 6 nitrogen and oxygen atoms in total. The van der Waals surface area contributed by atoms with Gasteiger partial charge in [-0.1, -0.05) is 18.2 Å². The number of para-hydroxylation sites is 1. The molecule has 108 valence electrons. The molecule has 0 spiro atoms. The summed E-state index contributed by atoms with van der Waals surface area (Å²) in [5, 5.41) is 11.5. The standard InChI is InChI=1S/C15H18N6/c16-8-4-7-14-18-15(20-19-14)9-12-10-17-21(11-12)13-5-2-1-3-6-13/h1-3,5-6,10-11H,4,7-9,16H2,(H,18,19,20). The van der Waals surface area contributed by atoms with Gasteiger partial charge >= 0.3 is 0 Å². The second-order valence-electron chi connectivity index (χ2n) is 4.90. The van der Waals surface area contributed by atoms with Crippen molar-refractivity contribution in [2.75, 3.05) is 6.54 Å². The topological polar surface area (TPSA) is 85.4 Å². The first-order valence-corrected chi connectivity index (χ1v) is 7.04. The minimum atomic E-state index is 0.660. The molecule has 0 unspecified atom stereocenters. The molecule has 0 radical (unpaired) electrons. The van der Waals surface area contributed by atoms with E-state index < -0.39 is 0 Å². The van der Waals surface area contributed by atoms with Gasteiger partial charge in [0.2, 0.25) is 0 Å². The van der Waals surface area contributed by atoms with Gasteiger partial charge in [-0.3, -0.25) is 5.10 Å². The van der Waals surface area contributed by atoms with E-state index >= 15 is 0 Å². The second-order valence-corrected chi connectivity index (χ2v) is 4.90. The Labute approximate surface area is 123 Å². The molecule has 3 aromatic rings. The molecular formula is C15H18N6. The minimum absolute atomic E-state index is 0.660. The summed E-state index contributed by atoms with van der Waals surface area (Å²) in [5.74, 6) is 1.68. The monoisotopic (exact) mass is 282 g/mol. The Morgan fingerprint density at radius 2 is 2.05 bits per heavy atom. The Kier molecular flexibility index (Phi) is 4.07. The van der Waals surface area contributed by atoms with Gasteiger partial charge in [0.15, 0.2) is 5.82 Å². The highest BCUT2D eigenvalue weighted by molar-refractivity contribution is 5.31. The molecular weight excluding hydrogens is 264 g/mol. The lowest BCUT2D eigenvalue weighted by Crippen LogP contribution is -2.01. The largest absolute Gasteiger partial charge is 0.330 e. The summed E-state index contributed by atoms with van der Waals surface area (Å²) < 4.78 is 1.86. The highest BCUT2D eigenvalue weighted by atomic mass is 15.3. The van der Waals surface area contributed by atoms with E-state index in [-0.39, 0.29) is 0 Å². The van der Waals surface area contributed by atoms with Crippen LogP contribution in [0.25, 0.3) is 5.69 Å². The first-order chi connectivity index (χ1) is 10.3. The SMILES string of the molecule is NCCCc1n[nH]c(Cc2cnn(-c3ccccc3)c2)n1. The summed E-state index contributed by atoms with van der Waals surface area (Å²) in [5.41, 5.74) is 7.63. The fourth-order valence-corrected chi connectivity index (χ4v) is 2.15. The van der Waals surface area contributed by atoms with Crippen LogP contribution in [-0.2, 0) is 12.8 Å². The molecule has 0 atom stereocenters. The van der Waals surface area contributed by atoms with Crippen molar-refractivity contribution in [1.29, 1.82) is 0 Å². The van der Waals surface area contributed by atoms with E-state index in [1.165, 1.54) is 0 Å². The van der Waals surface area contributed by atoms with Gasteiger partial charge in [-0.05, 0) is 30.7 Å². The number of aryl methyl sites for hydroxylation is 1. The summed E-state index contributed by atoms with van der Waals surface area (Å²) in [6, 6.07) is 10.0. The van der Waals surface area contributed by atoms with Gasteiger partial charge in [0, 0.05) is 19.0 Å². The summed E-state index contributed by atoms with van der Waals surface area (Å²) in [4.78, 5) is 4.47. The summed E-state index contributed by atoms with van der Waals surface area (Å²) in [6.45, 7) is 0.660. The van der Waals surface area contributed by atoms with Gasteiger partial charge in [-0.25, -0.2) is 9.67 Å². The molecule has 6 heteroatoms. The Morgan fingerprint density at radius 1 is 1.19 bits per heavy atom. The van der Waals surface area contributed by atoms with E-state index in [9.17, 15) is 0 Å². The lowest BCUT2D eigenvalue weighted by Gasteiger charge is -1.98. The number of aromatic amines is 1. The number of benzene rings is 1. The molecule has 0 bridgehead atoms. The molecule has 21 heavy (non-hydrogen) atoms. The molecule has 0 aliphatic rings. The predicted octanol–water partition coefficient (Wildman–Crippen LogP) is 1.47. The number of hydrogen-bond donors (Lipinski definition) is 2. The molecule has 1 aromatic carbocycles. The quantitative estimate of drug-likeness (QED) is 0.717. The lowest BCUT2D eigenvalue weighted by atomic mass is 10.2. The number of H-pyrrole nitrogens is 1. The van der Waals surface area contributed by atoms with Crippen LogP contribution in [0.5, 0.6) is 0 Å². The number of hydrogen-bond acceptors (Lipinski definition) is 4. The van der Waals surface area contributed by atoms with Crippen molar-refractivity contribution >= 4 is 0 Å². The highest BCUT2D eigenvalue weighted by Crippen LogP contribution is 2.10. The molecule has 0 aliphatic heterocycles. The number of aromatic nitrogens is 5. The summed E-state index contributed by atoms with van der Waals surface area (Å²) in [6.07, 6.45) is 6.29. The van der Waals surface area contributed by atoms with Gasteiger partial charge in [0.25, 0.3) is 0 Å². The third kappa shape index (κ3) is 3.35. The molecule has 0 amide bonds. The second kappa shape index (κ2) is 6.32. The number of nitrogens with two attached hydrogens (primary N) is 1. The van der Waals surface area contributed by atoms with Crippen molar-refractivity contribution in [3.63, 3.8) is 0 Å². The fraction of sp³-hybridized carbons (Fsp3) is 0.267. The first-order valence-electron chi connectivity index (χ1n) is 7.04. The zero-order chi connectivity index (χ0) is 14.5. The zero-order valence-electron chi connectivity index (χ0n) is 11.7. The van der Waals surface area contributed by atoms with E-state index in [1.54, 1.807) is 0 Å². The first kappa shape index (κ1) is 13.5. The van der Waals surface area contributed by atoms with Gasteiger partial charge in [-0.2, -0.15) is 10.2 Å². The smallest absolute Gasteiger partial charge is 0.150 e. The molecule has 0 saturated carbocycles. The van der Waals surface area contributed by atoms with E-state index in [0.29, 0.717) is 13.0 Å². The third-order valence-electron chi connectivity index (χ3n) is 3.21. The van der Waals surface area contributed by atoms with Crippen molar-refractivity contribution in [3.8, 4) is 5.69 Å².